The number of hydrogen-bond donors (Lipinski definition) is 2. The number of nitrogens with one attached hydrogen (secondary N) is 2. The maximum atomic E-state index is 13.6. The van der Waals surface area contributed by atoms with Crippen LogP contribution in [-0.2, 0) is 16.1 Å². The highest BCUT2D eigenvalue weighted by atomic mass is 35.5. The average molecular weight is 383 g/mol. The fraction of sp³-hybridized carbons (Fsp3) is 0.222. The first-order valence-corrected chi connectivity index (χ1v) is 8.26. The predicted molar refractivity (Wildman–Crippen MR) is 97.1 cm³/mol. The van der Waals surface area contributed by atoms with Crippen molar-refractivity contribution in [3.8, 4) is 0 Å². The predicted octanol–water partition coefficient (Wildman–Crippen LogP) is 4.41. The zero-order chi connectivity index (χ0) is 18.6. The lowest BCUT2D eigenvalue weighted by molar-refractivity contribution is -0.138. The fourth-order valence-electron chi connectivity index (χ4n) is 2.03. The molecule has 0 heterocycles. The smallest absolute Gasteiger partial charge is 0.239 e. The molecule has 25 heavy (non-hydrogen) atoms. The summed E-state index contributed by atoms with van der Waals surface area (Å²) in [6, 6.07) is 10.9. The molecule has 0 aliphatic rings. The van der Waals surface area contributed by atoms with Crippen LogP contribution in [0, 0.1) is 11.2 Å². The molecule has 0 fully saturated rings. The van der Waals surface area contributed by atoms with E-state index in [9.17, 15) is 14.0 Å². The number of carbonyl (C=O) groups excluding carboxylic acids is 2. The van der Waals surface area contributed by atoms with E-state index in [-0.39, 0.29) is 22.3 Å². The van der Waals surface area contributed by atoms with Gasteiger partial charge in [0.05, 0.1) is 15.7 Å². The van der Waals surface area contributed by atoms with Crippen molar-refractivity contribution in [2.45, 2.75) is 20.4 Å². The summed E-state index contributed by atoms with van der Waals surface area (Å²) in [6.07, 6.45) is 0. The molecule has 2 rings (SSSR count). The van der Waals surface area contributed by atoms with E-state index in [0.29, 0.717) is 5.56 Å². The molecule has 7 heteroatoms. The Morgan fingerprint density at radius 1 is 1.00 bits per heavy atom. The van der Waals surface area contributed by atoms with Gasteiger partial charge in [-0.05, 0) is 32.0 Å². The third-order valence-electron chi connectivity index (χ3n) is 3.73. The van der Waals surface area contributed by atoms with Crippen LogP contribution in [0.5, 0.6) is 0 Å². The molecule has 0 aromatic heterocycles. The number of hydrogen-bond acceptors (Lipinski definition) is 2. The van der Waals surface area contributed by atoms with Crippen molar-refractivity contribution in [3.05, 3.63) is 63.9 Å². The van der Waals surface area contributed by atoms with Crippen molar-refractivity contribution in [3.63, 3.8) is 0 Å². The van der Waals surface area contributed by atoms with Gasteiger partial charge in [0.2, 0.25) is 11.8 Å². The minimum atomic E-state index is -1.41. The second-order valence-electron chi connectivity index (χ2n) is 5.95. The zero-order valence-corrected chi connectivity index (χ0v) is 15.2. The van der Waals surface area contributed by atoms with Crippen LogP contribution in [0.3, 0.4) is 0 Å². The molecule has 4 nitrogen and oxygen atoms in total. The Morgan fingerprint density at radius 3 is 2.20 bits per heavy atom. The van der Waals surface area contributed by atoms with Crippen LogP contribution in [0.2, 0.25) is 10.0 Å². The van der Waals surface area contributed by atoms with Crippen molar-refractivity contribution in [2.24, 2.45) is 5.41 Å². The highest BCUT2D eigenvalue weighted by Crippen LogP contribution is 2.31. The quantitative estimate of drug-likeness (QED) is 0.752. The normalized spacial score (nSPS) is 11.1. The molecular weight excluding hydrogens is 366 g/mol. The van der Waals surface area contributed by atoms with Gasteiger partial charge in [0.15, 0.2) is 0 Å². The van der Waals surface area contributed by atoms with E-state index in [4.69, 9.17) is 23.2 Å². The Labute approximate surface area is 155 Å². The lowest BCUT2D eigenvalue weighted by Gasteiger charge is -2.23. The van der Waals surface area contributed by atoms with Crippen molar-refractivity contribution >= 4 is 40.7 Å². The van der Waals surface area contributed by atoms with Gasteiger partial charge in [0.1, 0.15) is 11.2 Å². The highest BCUT2D eigenvalue weighted by Gasteiger charge is 2.36. The standard InChI is InChI=1S/C18H17Cl2FN2O2/c1-18(2,16(24)22-10-11-6-3-4-9-14(11)21)17(25)23-15-12(19)7-5-8-13(15)20/h3-9H,10H2,1-2H3,(H,22,24)(H,23,25). The van der Waals surface area contributed by atoms with Crippen LogP contribution in [0.1, 0.15) is 19.4 Å². The minimum Gasteiger partial charge on any atom is -0.351 e. The van der Waals surface area contributed by atoms with Gasteiger partial charge >= 0.3 is 0 Å². The summed E-state index contributed by atoms with van der Waals surface area (Å²) in [6.45, 7) is 2.91. The second-order valence-corrected chi connectivity index (χ2v) is 6.76. The molecule has 2 aromatic rings. The molecule has 0 unspecified atom stereocenters. The largest absolute Gasteiger partial charge is 0.351 e. The van der Waals surface area contributed by atoms with Crippen LogP contribution in [0.15, 0.2) is 42.5 Å². The SMILES string of the molecule is CC(C)(C(=O)NCc1ccccc1F)C(=O)Nc1c(Cl)cccc1Cl. The molecule has 0 aliphatic carbocycles. The van der Waals surface area contributed by atoms with E-state index < -0.39 is 23.0 Å². The van der Waals surface area contributed by atoms with Crippen LogP contribution in [0.4, 0.5) is 10.1 Å². The second kappa shape index (κ2) is 7.85. The van der Waals surface area contributed by atoms with Gasteiger partial charge in [-0.1, -0.05) is 47.5 Å². The van der Waals surface area contributed by atoms with Gasteiger partial charge in [-0.15, -0.1) is 0 Å². The van der Waals surface area contributed by atoms with Gasteiger partial charge in [-0.2, -0.15) is 0 Å². The number of para-hydroxylation sites is 1. The molecule has 132 valence electrons. The van der Waals surface area contributed by atoms with E-state index in [1.54, 1.807) is 36.4 Å². The average Bonchev–Trinajstić information content (AvgIpc) is 2.57. The molecule has 2 N–H and O–H groups in total. The number of benzene rings is 2. The lowest BCUT2D eigenvalue weighted by Crippen LogP contribution is -2.45. The maximum Gasteiger partial charge on any atom is 0.239 e. The summed E-state index contributed by atoms with van der Waals surface area (Å²) in [5.41, 5.74) is -0.833. The zero-order valence-electron chi connectivity index (χ0n) is 13.7. The first-order valence-electron chi connectivity index (χ1n) is 7.50. The van der Waals surface area contributed by atoms with Crippen LogP contribution >= 0.6 is 23.2 Å². The molecule has 2 amide bonds. The fourth-order valence-corrected chi connectivity index (χ4v) is 2.52. The van der Waals surface area contributed by atoms with Crippen LogP contribution < -0.4 is 10.6 Å². The van der Waals surface area contributed by atoms with Crippen molar-refractivity contribution in [1.29, 1.82) is 0 Å². The molecule has 0 saturated heterocycles. The monoisotopic (exact) mass is 382 g/mol. The van der Waals surface area contributed by atoms with Gasteiger partial charge in [0.25, 0.3) is 0 Å². The van der Waals surface area contributed by atoms with Crippen molar-refractivity contribution in [1.82, 2.24) is 5.32 Å². The highest BCUT2D eigenvalue weighted by molar-refractivity contribution is 6.40. The first kappa shape index (κ1) is 19.2. The van der Waals surface area contributed by atoms with Gasteiger partial charge in [-0.3, -0.25) is 9.59 Å². The summed E-state index contributed by atoms with van der Waals surface area (Å²) >= 11 is 12.0. The van der Waals surface area contributed by atoms with Crippen molar-refractivity contribution in [2.75, 3.05) is 5.32 Å². The third-order valence-corrected chi connectivity index (χ3v) is 4.36. The lowest BCUT2D eigenvalue weighted by atomic mass is 9.90. The Balaban J connectivity index is 2.07. The molecular formula is C18H17Cl2FN2O2. The molecule has 0 atom stereocenters. The summed E-state index contributed by atoms with van der Waals surface area (Å²) in [7, 11) is 0. The van der Waals surface area contributed by atoms with E-state index >= 15 is 0 Å². The van der Waals surface area contributed by atoms with E-state index in [2.05, 4.69) is 10.6 Å². The summed E-state index contributed by atoms with van der Waals surface area (Å²) < 4.78 is 13.6. The minimum absolute atomic E-state index is 0.0188. The maximum absolute atomic E-state index is 13.6. The van der Waals surface area contributed by atoms with Crippen LogP contribution in [-0.4, -0.2) is 11.8 Å². The van der Waals surface area contributed by atoms with Crippen LogP contribution in [0.25, 0.3) is 0 Å². The first-order chi connectivity index (χ1) is 11.7. The van der Waals surface area contributed by atoms with Crippen molar-refractivity contribution < 1.29 is 14.0 Å². The Kier molecular flexibility index (Phi) is 6.03. The summed E-state index contributed by atoms with van der Waals surface area (Å²) in [4.78, 5) is 24.9. The topological polar surface area (TPSA) is 58.2 Å². The number of carbonyl (C=O) groups is 2. The molecule has 0 saturated carbocycles. The molecule has 0 spiro atoms. The van der Waals surface area contributed by atoms with E-state index in [1.165, 1.54) is 19.9 Å². The number of anilines is 1. The Bertz CT molecular complexity index is 789. The van der Waals surface area contributed by atoms with E-state index in [1.807, 2.05) is 0 Å². The Morgan fingerprint density at radius 2 is 1.60 bits per heavy atom. The van der Waals surface area contributed by atoms with Gasteiger partial charge in [0, 0.05) is 12.1 Å². The molecule has 0 aliphatic heterocycles. The number of halogens is 3. The summed E-state index contributed by atoms with van der Waals surface area (Å²) in [5.74, 6) is -1.54. The Hall–Kier alpha value is -2.11. The molecule has 0 radical (unpaired) electrons. The van der Waals surface area contributed by atoms with Gasteiger partial charge in [-0.25, -0.2) is 4.39 Å². The number of amides is 2. The number of rotatable bonds is 5. The summed E-state index contributed by atoms with van der Waals surface area (Å²) in [5, 5.41) is 5.68. The third kappa shape index (κ3) is 4.50. The van der Waals surface area contributed by atoms with Gasteiger partial charge < -0.3 is 10.6 Å². The molecule has 0 bridgehead atoms. The van der Waals surface area contributed by atoms with E-state index in [0.717, 1.165) is 0 Å². The molecule has 2 aromatic carbocycles.